The van der Waals surface area contributed by atoms with Crippen LogP contribution in [0.1, 0.15) is 29.8 Å². The molecule has 3 N–H and O–H groups in total. The number of hydrogen-bond donors (Lipinski definition) is 3. The first-order valence-corrected chi connectivity index (χ1v) is 10.0. The molecule has 9 heteroatoms. The maximum atomic E-state index is 12.3. The molecule has 8 nitrogen and oxygen atoms in total. The van der Waals surface area contributed by atoms with E-state index in [-0.39, 0.29) is 30.0 Å². The predicted octanol–water partition coefficient (Wildman–Crippen LogP) is -0.220. The van der Waals surface area contributed by atoms with Crippen LogP contribution < -0.4 is 10.0 Å². The molecule has 0 aromatic carbocycles. The first-order chi connectivity index (χ1) is 11.3. The van der Waals surface area contributed by atoms with Crippen molar-refractivity contribution < 1.29 is 17.9 Å². The van der Waals surface area contributed by atoms with Gasteiger partial charge in [-0.15, -0.1) is 0 Å². The fourth-order valence-electron chi connectivity index (χ4n) is 3.73. The van der Waals surface area contributed by atoms with Crippen LogP contribution in [-0.2, 0) is 26.0 Å². The molecule has 1 aliphatic carbocycles. The molecule has 1 aromatic heterocycles. The minimum Gasteiger partial charge on any atom is -0.376 e. The molecule has 24 heavy (non-hydrogen) atoms. The summed E-state index contributed by atoms with van der Waals surface area (Å²) >= 11 is 0. The molecule has 134 valence electrons. The van der Waals surface area contributed by atoms with E-state index in [9.17, 15) is 13.2 Å². The Balaban J connectivity index is 1.58. The zero-order valence-electron chi connectivity index (χ0n) is 14.1. The van der Waals surface area contributed by atoms with Crippen LogP contribution in [-0.4, -0.2) is 55.6 Å². The fourth-order valence-corrected chi connectivity index (χ4v) is 4.51. The molecule has 0 spiro atoms. The second-order valence-electron chi connectivity index (χ2n) is 6.71. The van der Waals surface area contributed by atoms with Crippen LogP contribution >= 0.6 is 0 Å². The number of nitrogens with one attached hydrogen (secondary N) is 3. The SMILES string of the molecule is Cc1n[nH]c(C)c1CCC(=O)N[C@H]1[C@H]2CCO[C@H]2[C@@H]1NS(C)(=O)=O. The molecule has 1 amide bonds. The van der Waals surface area contributed by atoms with Crippen LogP contribution in [0.3, 0.4) is 0 Å². The molecule has 0 unspecified atom stereocenters. The summed E-state index contributed by atoms with van der Waals surface area (Å²) < 4.78 is 31.2. The van der Waals surface area contributed by atoms with Crippen LogP contribution in [0.5, 0.6) is 0 Å². The summed E-state index contributed by atoms with van der Waals surface area (Å²) in [6.07, 6.45) is 2.79. The molecule has 0 radical (unpaired) electrons. The summed E-state index contributed by atoms with van der Waals surface area (Å²) in [4.78, 5) is 12.3. The normalized spacial score (nSPS) is 29.1. The minimum atomic E-state index is -3.34. The van der Waals surface area contributed by atoms with Crippen molar-refractivity contribution in [3.8, 4) is 0 Å². The monoisotopic (exact) mass is 356 g/mol. The summed E-state index contributed by atoms with van der Waals surface area (Å²) in [5.74, 6) is 0.108. The Morgan fingerprint density at radius 3 is 2.75 bits per heavy atom. The van der Waals surface area contributed by atoms with Gasteiger partial charge in [-0.3, -0.25) is 9.89 Å². The number of nitrogens with zero attached hydrogens (tertiary/aromatic N) is 1. The topological polar surface area (TPSA) is 113 Å². The first-order valence-electron chi connectivity index (χ1n) is 8.15. The van der Waals surface area contributed by atoms with E-state index in [0.29, 0.717) is 19.4 Å². The second kappa shape index (κ2) is 6.45. The lowest BCUT2D eigenvalue weighted by Gasteiger charge is -2.47. The first kappa shape index (κ1) is 17.4. The van der Waals surface area contributed by atoms with E-state index in [1.807, 2.05) is 13.8 Å². The average Bonchev–Trinajstić information content (AvgIpc) is 3.05. The zero-order valence-corrected chi connectivity index (χ0v) is 14.9. The number of aromatic amines is 1. The Morgan fingerprint density at radius 2 is 2.12 bits per heavy atom. The Bertz CT molecular complexity index is 710. The van der Waals surface area contributed by atoms with Gasteiger partial charge >= 0.3 is 0 Å². The van der Waals surface area contributed by atoms with Gasteiger partial charge in [-0.2, -0.15) is 5.10 Å². The van der Waals surface area contributed by atoms with Gasteiger partial charge in [-0.1, -0.05) is 0 Å². The van der Waals surface area contributed by atoms with Crippen molar-refractivity contribution in [2.45, 2.75) is 51.3 Å². The van der Waals surface area contributed by atoms with Gasteiger partial charge in [-0.25, -0.2) is 13.1 Å². The number of H-pyrrole nitrogens is 1. The lowest BCUT2D eigenvalue weighted by atomic mass is 9.72. The summed E-state index contributed by atoms with van der Waals surface area (Å²) in [5.41, 5.74) is 2.95. The number of ether oxygens (including phenoxy) is 1. The smallest absolute Gasteiger partial charge is 0.220 e. The van der Waals surface area contributed by atoms with Gasteiger partial charge in [-0.05, 0) is 32.3 Å². The van der Waals surface area contributed by atoms with Crippen molar-refractivity contribution in [3.63, 3.8) is 0 Å². The summed E-state index contributed by atoms with van der Waals surface area (Å²) in [6, 6.07) is -0.583. The van der Waals surface area contributed by atoms with Crippen LogP contribution in [0.2, 0.25) is 0 Å². The Kier molecular flexibility index (Phi) is 4.67. The molecule has 2 heterocycles. The maximum absolute atomic E-state index is 12.3. The van der Waals surface area contributed by atoms with Gasteiger partial charge in [0, 0.05) is 24.6 Å². The zero-order chi connectivity index (χ0) is 17.5. The highest BCUT2D eigenvalue weighted by atomic mass is 32.2. The van der Waals surface area contributed by atoms with Crippen molar-refractivity contribution >= 4 is 15.9 Å². The molecule has 3 rings (SSSR count). The molecule has 1 saturated heterocycles. The average molecular weight is 356 g/mol. The van der Waals surface area contributed by atoms with Gasteiger partial charge in [0.2, 0.25) is 15.9 Å². The Morgan fingerprint density at radius 1 is 1.38 bits per heavy atom. The largest absolute Gasteiger partial charge is 0.376 e. The van der Waals surface area contributed by atoms with E-state index in [2.05, 4.69) is 20.2 Å². The van der Waals surface area contributed by atoms with Crippen LogP contribution in [0, 0.1) is 19.8 Å². The number of sulfonamides is 1. The quantitative estimate of drug-likeness (QED) is 0.652. The standard InChI is InChI=1S/C15H24N4O4S/c1-8-10(9(2)18-17-8)4-5-12(20)16-13-11-6-7-23-15(11)14(13)19-24(3,21)22/h11,13-15,19H,4-7H2,1-3H3,(H,16,20)(H,17,18)/t11-,13+,14-,15-/m1/s1. The Labute approximate surface area is 141 Å². The number of rotatable bonds is 6. The number of fused-ring (bicyclic) bond motifs is 1. The van der Waals surface area contributed by atoms with Crippen molar-refractivity contribution in [1.29, 1.82) is 0 Å². The van der Waals surface area contributed by atoms with Gasteiger partial charge in [0.25, 0.3) is 0 Å². The molecular formula is C15H24N4O4S. The van der Waals surface area contributed by atoms with E-state index >= 15 is 0 Å². The number of aromatic nitrogens is 2. The summed E-state index contributed by atoms with van der Waals surface area (Å²) in [7, 11) is -3.34. The fraction of sp³-hybridized carbons (Fsp3) is 0.733. The molecule has 2 aliphatic rings. The van der Waals surface area contributed by atoms with Gasteiger partial charge < -0.3 is 10.1 Å². The number of hydrogen-bond acceptors (Lipinski definition) is 5. The van der Waals surface area contributed by atoms with Crippen molar-refractivity contribution in [3.05, 3.63) is 17.0 Å². The van der Waals surface area contributed by atoms with Crippen molar-refractivity contribution in [1.82, 2.24) is 20.2 Å². The maximum Gasteiger partial charge on any atom is 0.220 e. The lowest BCUT2D eigenvalue weighted by molar-refractivity contribution is -0.125. The third-order valence-corrected chi connectivity index (χ3v) is 5.65. The van der Waals surface area contributed by atoms with E-state index < -0.39 is 10.0 Å². The van der Waals surface area contributed by atoms with Crippen molar-refractivity contribution in [2.24, 2.45) is 5.92 Å². The second-order valence-corrected chi connectivity index (χ2v) is 8.49. The van der Waals surface area contributed by atoms with Crippen LogP contribution in [0.4, 0.5) is 0 Å². The third kappa shape index (κ3) is 3.47. The predicted molar refractivity (Wildman–Crippen MR) is 87.9 cm³/mol. The van der Waals surface area contributed by atoms with Crippen LogP contribution in [0.25, 0.3) is 0 Å². The van der Waals surface area contributed by atoms with Gasteiger partial charge in [0.15, 0.2) is 0 Å². The third-order valence-electron chi connectivity index (χ3n) is 4.95. The molecule has 0 bridgehead atoms. The van der Waals surface area contributed by atoms with E-state index in [1.165, 1.54) is 0 Å². The highest BCUT2D eigenvalue weighted by Crippen LogP contribution is 2.39. The molecule has 1 aliphatic heterocycles. The molecular weight excluding hydrogens is 332 g/mol. The van der Waals surface area contributed by atoms with Gasteiger partial charge in [0.05, 0.1) is 30.1 Å². The van der Waals surface area contributed by atoms with Crippen LogP contribution in [0.15, 0.2) is 0 Å². The highest BCUT2D eigenvalue weighted by molar-refractivity contribution is 7.88. The Hall–Kier alpha value is -1.45. The summed E-state index contributed by atoms with van der Waals surface area (Å²) in [6.45, 7) is 4.46. The van der Waals surface area contributed by atoms with Crippen molar-refractivity contribution in [2.75, 3.05) is 12.9 Å². The molecule has 1 saturated carbocycles. The molecule has 2 fully saturated rings. The minimum absolute atomic E-state index is 0.0781. The van der Waals surface area contributed by atoms with E-state index in [4.69, 9.17) is 4.74 Å². The number of carbonyl (C=O) groups is 1. The van der Waals surface area contributed by atoms with E-state index in [1.54, 1.807) is 0 Å². The summed E-state index contributed by atoms with van der Waals surface area (Å²) in [5, 5.41) is 10.0. The lowest BCUT2D eigenvalue weighted by Crippen LogP contribution is -2.70. The number of carbonyl (C=O) groups excluding carboxylic acids is 1. The number of amides is 1. The van der Waals surface area contributed by atoms with E-state index in [0.717, 1.165) is 29.6 Å². The molecule has 4 atom stereocenters. The van der Waals surface area contributed by atoms with Gasteiger partial charge in [0.1, 0.15) is 0 Å². The highest BCUT2D eigenvalue weighted by Gasteiger charge is 2.55. The number of aryl methyl sites for hydroxylation is 2. The molecule has 1 aromatic rings.